The van der Waals surface area contributed by atoms with Gasteiger partial charge in [-0.25, -0.2) is 9.59 Å². The third-order valence-corrected chi connectivity index (χ3v) is 3.37. The first-order chi connectivity index (χ1) is 8.77. The summed E-state index contributed by atoms with van der Waals surface area (Å²) in [5.41, 5.74) is -1.57. The highest BCUT2D eigenvalue weighted by molar-refractivity contribution is 6.18. The Kier molecular flexibility index (Phi) is 5.07. The summed E-state index contributed by atoms with van der Waals surface area (Å²) in [7, 11) is 1.32. The molecule has 1 atom stereocenters. The third-order valence-electron chi connectivity index (χ3n) is 3.18. The van der Waals surface area contributed by atoms with Gasteiger partial charge in [-0.05, 0) is 40.0 Å². The maximum atomic E-state index is 12.2. The Morgan fingerprint density at radius 1 is 1.37 bits per heavy atom. The van der Waals surface area contributed by atoms with Crippen LogP contribution in [0.4, 0.5) is 4.79 Å². The fourth-order valence-electron chi connectivity index (χ4n) is 2.38. The number of alkyl halides is 1. The van der Waals surface area contributed by atoms with Crippen molar-refractivity contribution in [2.75, 3.05) is 19.5 Å². The summed E-state index contributed by atoms with van der Waals surface area (Å²) >= 11 is 5.79. The monoisotopic (exact) mass is 291 g/mol. The molecule has 19 heavy (non-hydrogen) atoms. The van der Waals surface area contributed by atoms with E-state index in [1.807, 2.05) is 0 Å². The Bertz CT molecular complexity index is 353. The molecule has 1 saturated heterocycles. The maximum absolute atomic E-state index is 12.2. The van der Waals surface area contributed by atoms with Crippen LogP contribution in [0.2, 0.25) is 0 Å². The Morgan fingerprint density at radius 2 is 2.00 bits per heavy atom. The quantitative estimate of drug-likeness (QED) is 0.592. The molecule has 1 amide bonds. The normalized spacial score (nSPS) is 23.3. The first-order valence-corrected chi connectivity index (χ1v) is 6.95. The number of ether oxygens (including phenoxy) is 2. The Morgan fingerprint density at radius 3 is 2.47 bits per heavy atom. The van der Waals surface area contributed by atoms with Gasteiger partial charge in [0.1, 0.15) is 11.1 Å². The van der Waals surface area contributed by atoms with E-state index in [0.717, 1.165) is 6.42 Å². The topological polar surface area (TPSA) is 55.8 Å². The summed E-state index contributed by atoms with van der Waals surface area (Å²) in [6, 6.07) is 0. The maximum Gasteiger partial charge on any atom is 0.411 e. The van der Waals surface area contributed by atoms with E-state index in [1.165, 1.54) is 12.0 Å². The van der Waals surface area contributed by atoms with Crippen LogP contribution < -0.4 is 0 Å². The van der Waals surface area contributed by atoms with E-state index in [2.05, 4.69) is 0 Å². The van der Waals surface area contributed by atoms with Gasteiger partial charge in [0.15, 0.2) is 0 Å². The van der Waals surface area contributed by atoms with Crippen LogP contribution in [0.3, 0.4) is 0 Å². The average Bonchev–Trinajstić information content (AvgIpc) is 2.71. The van der Waals surface area contributed by atoms with Crippen molar-refractivity contribution in [3.63, 3.8) is 0 Å². The van der Waals surface area contributed by atoms with Crippen LogP contribution in [0.25, 0.3) is 0 Å². The molecular weight excluding hydrogens is 270 g/mol. The minimum absolute atomic E-state index is 0.286. The van der Waals surface area contributed by atoms with Crippen molar-refractivity contribution in [3.8, 4) is 0 Å². The zero-order valence-electron chi connectivity index (χ0n) is 12.0. The van der Waals surface area contributed by atoms with Crippen LogP contribution in [0.5, 0.6) is 0 Å². The molecule has 5 nitrogen and oxygen atoms in total. The Labute approximate surface area is 119 Å². The summed E-state index contributed by atoms with van der Waals surface area (Å²) in [4.78, 5) is 25.8. The van der Waals surface area contributed by atoms with E-state index in [-0.39, 0.29) is 5.88 Å². The Hall–Kier alpha value is -0.970. The second kappa shape index (κ2) is 5.99. The van der Waals surface area contributed by atoms with Gasteiger partial charge >= 0.3 is 12.1 Å². The molecule has 0 aromatic rings. The van der Waals surface area contributed by atoms with Gasteiger partial charge in [-0.2, -0.15) is 0 Å². The van der Waals surface area contributed by atoms with Crippen molar-refractivity contribution in [3.05, 3.63) is 0 Å². The summed E-state index contributed by atoms with van der Waals surface area (Å²) in [5.74, 6) is -0.134. The lowest BCUT2D eigenvalue weighted by atomic mass is 9.93. The highest BCUT2D eigenvalue weighted by Crippen LogP contribution is 2.35. The number of rotatable bonds is 3. The number of carbonyl (C=O) groups is 2. The van der Waals surface area contributed by atoms with Gasteiger partial charge in [0.25, 0.3) is 0 Å². The first-order valence-electron chi connectivity index (χ1n) is 6.42. The van der Waals surface area contributed by atoms with E-state index in [1.54, 1.807) is 20.8 Å². The molecule has 0 saturated carbocycles. The predicted molar refractivity (Wildman–Crippen MR) is 72.3 cm³/mol. The lowest BCUT2D eigenvalue weighted by Gasteiger charge is -2.36. The van der Waals surface area contributed by atoms with E-state index < -0.39 is 23.2 Å². The molecule has 0 N–H and O–H groups in total. The molecule has 0 spiro atoms. The van der Waals surface area contributed by atoms with Gasteiger partial charge in [-0.1, -0.05) is 0 Å². The lowest BCUT2D eigenvalue weighted by Crippen LogP contribution is -2.55. The van der Waals surface area contributed by atoms with E-state index >= 15 is 0 Å². The average molecular weight is 292 g/mol. The number of amides is 1. The van der Waals surface area contributed by atoms with Gasteiger partial charge in [0.05, 0.1) is 7.11 Å². The molecule has 1 fully saturated rings. The van der Waals surface area contributed by atoms with Crippen LogP contribution in [0.1, 0.15) is 40.0 Å². The van der Waals surface area contributed by atoms with Crippen molar-refractivity contribution in [1.29, 1.82) is 0 Å². The SMILES string of the molecule is COC(=O)C1(CCCl)CCCN1C(=O)OC(C)(C)C. The molecule has 1 unspecified atom stereocenters. The number of hydrogen-bond acceptors (Lipinski definition) is 4. The van der Waals surface area contributed by atoms with Gasteiger partial charge in [0, 0.05) is 12.4 Å². The van der Waals surface area contributed by atoms with E-state index in [0.29, 0.717) is 19.4 Å². The standard InChI is InChI=1S/C13H22ClNO4/c1-12(2,3)19-11(17)15-9-5-6-13(15,7-8-14)10(16)18-4/h5-9H2,1-4H3. The molecule has 0 aromatic heterocycles. The fraction of sp³-hybridized carbons (Fsp3) is 0.846. The number of methoxy groups -OCH3 is 1. The lowest BCUT2D eigenvalue weighted by molar-refractivity contribution is -0.153. The van der Waals surface area contributed by atoms with Crippen LogP contribution in [0, 0.1) is 0 Å². The van der Waals surface area contributed by atoms with Crippen molar-refractivity contribution in [1.82, 2.24) is 4.90 Å². The number of nitrogens with zero attached hydrogens (tertiary/aromatic N) is 1. The molecule has 1 aliphatic rings. The smallest absolute Gasteiger partial charge is 0.411 e. The molecule has 0 aromatic carbocycles. The van der Waals surface area contributed by atoms with Gasteiger partial charge in [0.2, 0.25) is 0 Å². The largest absolute Gasteiger partial charge is 0.467 e. The summed E-state index contributed by atoms with van der Waals surface area (Å²) in [5, 5.41) is 0. The highest BCUT2D eigenvalue weighted by Gasteiger charge is 2.51. The van der Waals surface area contributed by atoms with Crippen molar-refractivity contribution >= 4 is 23.7 Å². The molecule has 0 radical (unpaired) electrons. The predicted octanol–water partition coefficient (Wildman–Crippen LogP) is 2.56. The summed E-state index contributed by atoms with van der Waals surface area (Å²) in [6.45, 7) is 5.87. The minimum Gasteiger partial charge on any atom is -0.467 e. The molecule has 110 valence electrons. The second-order valence-electron chi connectivity index (χ2n) is 5.70. The number of hydrogen-bond donors (Lipinski definition) is 0. The molecular formula is C13H22ClNO4. The Balaban J connectivity index is 2.96. The summed E-state index contributed by atoms with van der Waals surface area (Å²) in [6.07, 6.45) is 1.19. The molecule has 1 heterocycles. The van der Waals surface area contributed by atoms with Gasteiger partial charge in [-0.3, -0.25) is 4.90 Å². The van der Waals surface area contributed by atoms with Crippen LogP contribution in [0.15, 0.2) is 0 Å². The van der Waals surface area contributed by atoms with Crippen LogP contribution in [-0.2, 0) is 14.3 Å². The number of esters is 1. The molecule has 6 heteroatoms. The van der Waals surface area contributed by atoms with E-state index in [4.69, 9.17) is 21.1 Å². The fourth-order valence-corrected chi connectivity index (χ4v) is 2.69. The molecule has 0 bridgehead atoms. The van der Waals surface area contributed by atoms with Gasteiger partial charge < -0.3 is 9.47 Å². The zero-order chi connectivity index (χ0) is 14.7. The van der Waals surface area contributed by atoms with E-state index in [9.17, 15) is 9.59 Å². The second-order valence-corrected chi connectivity index (χ2v) is 6.08. The molecule has 1 aliphatic heterocycles. The molecule has 0 aliphatic carbocycles. The van der Waals surface area contributed by atoms with Crippen molar-refractivity contribution in [2.24, 2.45) is 0 Å². The number of halogens is 1. The van der Waals surface area contributed by atoms with Crippen LogP contribution in [-0.4, -0.2) is 47.6 Å². The zero-order valence-corrected chi connectivity index (χ0v) is 12.7. The van der Waals surface area contributed by atoms with Crippen molar-refractivity contribution < 1.29 is 19.1 Å². The first kappa shape index (κ1) is 16.1. The number of carbonyl (C=O) groups excluding carboxylic acids is 2. The molecule has 1 rings (SSSR count). The van der Waals surface area contributed by atoms with Gasteiger partial charge in [-0.15, -0.1) is 11.6 Å². The van der Waals surface area contributed by atoms with Crippen molar-refractivity contribution in [2.45, 2.75) is 51.2 Å². The van der Waals surface area contributed by atoms with Crippen LogP contribution >= 0.6 is 11.6 Å². The minimum atomic E-state index is -0.973. The number of likely N-dealkylation sites (tertiary alicyclic amines) is 1. The third kappa shape index (κ3) is 3.53. The highest BCUT2D eigenvalue weighted by atomic mass is 35.5. The summed E-state index contributed by atoms with van der Waals surface area (Å²) < 4.78 is 10.2.